The molecule has 4 aromatic rings. The van der Waals surface area contributed by atoms with Crippen molar-refractivity contribution < 1.29 is 52.4 Å². The van der Waals surface area contributed by atoms with Crippen molar-refractivity contribution in [1.82, 2.24) is 15.1 Å². The van der Waals surface area contributed by atoms with Gasteiger partial charge in [0.2, 0.25) is 12.7 Å². The number of anilines is 1. The van der Waals surface area contributed by atoms with Crippen molar-refractivity contribution in [2.24, 2.45) is 21.8 Å². The van der Waals surface area contributed by atoms with E-state index in [1.165, 1.54) is 13.2 Å². The Morgan fingerprint density at radius 3 is 2.06 bits per heavy atom. The summed E-state index contributed by atoms with van der Waals surface area (Å²) in [6, 6.07) is 18.8. The molecule has 4 amide bonds. The Morgan fingerprint density at radius 2 is 1.40 bits per heavy atom. The maximum absolute atomic E-state index is 14.0. The number of hydrogen-bond acceptors (Lipinski definition) is 13. The molecule has 5 heterocycles. The minimum Gasteiger partial charge on any atom is -0.493 e. The number of nitrogens with one attached hydrogen (secondary N) is 2. The zero-order valence-electron chi connectivity index (χ0n) is 40.8. The number of hydrogen-bond donors (Lipinski definition) is 2. The standard InChI is InChI=1S/C55H56N6O11/c1-7-15-70-55(66)59-51(31(2)3)45(62)19-33(5)52(63)58-38-12-9-34(10-13-38)36-20-39-26-56-43-24-47(32(4)18-41(43)53(64)60(39)28-36)68-16-8-17-69-50-25-44-42(23-48(50)67-6)54(65)61-29-37(21-40(61)27-57-44)35-11-14-46-49(22-35)72-30-71-46/h7,9-14,18,22-29,31,33,39-40,51H,1,8,15-17,19-21,30H2,2-6H3,(H,58,63)(H,59,66)/t33-,39+,40+,51+/m1/s1. The lowest BCUT2D eigenvalue weighted by Crippen LogP contribution is -2.45. The van der Waals surface area contributed by atoms with E-state index in [4.69, 9.17) is 38.4 Å². The lowest BCUT2D eigenvalue weighted by Gasteiger charge is -2.22. The average molecular weight is 977 g/mol. The summed E-state index contributed by atoms with van der Waals surface area (Å²) in [7, 11) is 1.53. The highest BCUT2D eigenvalue weighted by atomic mass is 16.7. The number of nitrogens with zero attached hydrogens (tertiary/aromatic N) is 4. The number of fused-ring (bicyclic) bond motifs is 5. The lowest BCUT2D eigenvalue weighted by atomic mass is 9.93. The minimum atomic E-state index is -0.801. The Morgan fingerprint density at radius 1 is 0.792 bits per heavy atom. The summed E-state index contributed by atoms with van der Waals surface area (Å²) >= 11 is 0. The van der Waals surface area contributed by atoms with Gasteiger partial charge in [-0.1, -0.05) is 51.6 Å². The molecule has 5 aliphatic heterocycles. The van der Waals surface area contributed by atoms with E-state index in [1.807, 2.05) is 63.5 Å². The van der Waals surface area contributed by atoms with Crippen LogP contribution in [0.1, 0.15) is 83.9 Å². The van der Waals surface area contributed by atoms with Gasteiger partial charge in [0.15, 0.2) is 28.8 Å². The number of alkyl carbamates (subject to hydrolysis) is 1. The molecule has 9 rings (SSSR count). The van der Waals surface area contributed by atoms with E-state index >= 15 is 0 Å². The number of methoxy groups -OCH3 is 1. The summed E-state index contributed by atoms with van der Waals surface area (Å²) < 4.78 is 34.0. The van der Waals surface area contributed by atoms with Crippen molar-refractivity contribution in [2.45, 2.75) is 71.5 Å². The van der Waals surface area contributed by atoms with Crippen LogP contribution in [0.4, 0.5) is 21.9 Å². The molecule has 0 saturated carbocycles. The van der Waals surface area contributed by atoms with Crippen LogP contribution in [0, 0.1) is 18.8 Å². The van der Waals surface area contributed by atoms with Gasteiger partial charge in [-0.15, -0.1) is 0 Å². The van der Waals surface area contributed by atoms with Crippen LogP contribution in [-0.4, -0.2) is 104 Å². The zero-order chi connectivity index (χ0) is 50.6. The first-order valence-electron chi connectivity index (χ1n) is 23.9. The van der Waals surface area contributed by atoms with Gasteiger partial charge < -0.3 is 48.9 Å². The van der Waals surface area contributed by atoms with E-state index in [0.717, 1.165) is 27.8 Å². The first-order valence-corrected chi connectivity index (χ1v) is 23.9. The van der Waals surface area contributed by atoms with Crippen molar-refractivity contribution in [3.05, 3.63) is 120 Å². The second-order valence-corrected chi connectivity index (χ2v) is 18.5. The highest BCUT2D eigenvalue weighted by Gasteiger charge is 2.36. The van der Waals surface area contributed by atoms with Gasteiger partial charge >= 0.3 is 6.09 Å². The average Bonchev–Trinajstić information content (AvgIpc) is 4.12. The van der Waals surface area contributed by atoms with Crippen LogP contribution in [0.15, 0.2) is 102 Å². The fourth-order valence-corrected chi connectivity index (χ4v) is 9.15. The highest BCUT2D eigenvalue weighted by Crippen LogP contribution is 2.42. The van der Waals surface area contributed by atoms with Crippen molar-refractivity contribution in [3.8, 4) is 28.7 Å². The number of rotatable bonds is 18. The molecular weight excluding hydrogens is 921 g/mol. The van der Waals surface area contributed by atoms with Gasteiger partial charge in [-0.2, -0.15) is 0 Å². The fraction of sp³-hybridized carbons (Fsp3) is 0.327. The van der Waals surface area contributed by atoms with E-state index in [2.05, 4.69) is 17.2 Å². The molecule has 0 unspecified atom stereocenters. The molecule has 17 heteroatoms. The number of benzene rings is 4. The molecule has 5 aliphatic rings. The Balaban J connectivity index is 0.766. The first-order chi connectivity index (χ1) is 34.8. The maximum atomic E-state index is 14.0. The van der Waals surface area contributed by atoms with Crippen LogP contribution in [0.2, 0.25) is 0 Å². The summed E-state index contributed by atoms with van der Waals surface area (Å²) in [4.78, 5) is 79.0. The maximum Gasteiger partial charge on any atom is 0.408 e. The highest BCUT2D eigenvalue weighted by molar-refractivity contribution is 6.06. The van der Waals surface area contributed by atoms with Crippen molar-refractivity contribution >= 4 is 70.2 Å². The lowest BCUT2D eigenvalue weighted by molar-refractivity contribution is -0.127. The third-order valence-corrected chi connectivity index (χ3v) is 13.1. The summed E-state index contributed by atoms with van der Waals surface area (Å²) in [6.07, 6.45) is 9.62. The number of aryl methyl sites for hydroxylation is 1. The molecule has 0 saturated heterocycles. The van der Waals surface area contributed by atoms with E-state index in [-0.39, 0.29) is 61.3 Å². The van der Waals surface area contributed by atoms with Crippen molar-refractivity contribution in [1.29, 1.82) is 0 Å². The van der Waals surface area contributed by atoms with Gasteiger partial charge in [-0.25, -0.2) is 4.79 Å². The summed E-state index contributed by atoms with van der Waals surface area (Å²) in [5.41, 5.74) is 7.01. The van der Waals surface area contributed by atoms with Crippen LogP contribution in [0.5, 0.6) is 28.7 Å². The molecule has 0 spiro atoms. The molecule has 0 radical (unpaired) electrons. The molecule has 2 N–H and O–H groups in total. The van der Waals surface area contributed by atoms with Crippen LogP contribution >= 0.6 is 0 Å². The SMILES string of the molecule is C=CCOC(=O)N[C@H](C(=O)C[C@@H](C)C(=O)Nc1ccc(C2=CN3C(=O)c4cc(C)c(OCCCOc5cc6c(cc5OC)C(=O)N5C=C(c7ccc8c(c7)OCO8)C[C@H]5C=N6)cc4N=C[C@@H]3C2)cc1)C(C)C. The largest absolute Gasteiger partial charge is 0.493 e. The second kappa shape index (κ2) is 21.0. The van der Waals surface area contributed by atoms with Gasteiger partial charge in [0, 0.05) is 74.3 Å². The van der Waals surface area contributed by atoms with Crippen LogP contribution in [-0.2, 0) is 14.3 Å². The number of Topliss-reactive ketones (excluding diaryl/α,β-unsaturated/α-hetero) is 1. The smallest absolute Gasteiger partial charge is 0.408 e. The molecule has 0 bridgehead atoms. The molecule has 372 valence electrons. The predicted octanol–water partition coefficient (Wildman–Crippen LogP) is 8.99. The third kappa shape index (κ3) is 10.3. The summed E-state index contributed by atoms with van der Waals surface area (Å²) in [5, 5.41) is 5.48. The van der Waals surface area contributed by atoms with E-state index < -0.39 is 18.1 Å². The van der Waals surface area contributed by atoms with Crippen molar-refractivity contribution in [3.63, 3.8) is 0 Å². The topological polar surface area (TPSA) is 196 Å². The Bertz CT molecular complexity index is 2960. The quantitative estimate of drug-likeness (QED) is 0.0713. The Labute approximate surface area is 417 Å². The van der Waals surface area contributed by atoms with E-state index in [1.54, 1.807) is 65.6 Å². The zero-order valence-corrected chi connectivity index (χ0v) is 40.8. The molecule has 17 nitrogen and oxygen atoms in total. The normalized spacial score (nSPS) is 17.9. The fourth-order valence-electron chi connectivity index (χ4n) is 9.15. The van der Waals surface area contributed by atoms with E-state index in [9.17, 15) is 24.0 Å². The molecule has 0 fully saturated rings. The van der Waals surface area contributed by atoms with Gasteiger partial charge in [0.1, 0.15) is 12.4 Å². The van der Waals surface area contributed by atoms with Gasteiger partial charge in [-0.05, 0) is 77.1 Å². The number of aliphatic imine (C=N–C) groups is 2. The van der Waals surface area contributed by atoms with Crippen LogP contribution in [0.25, 0.3) is 11.1 Å². The van der Waals surface area contributed by atoms with Gasteiger partial charge in [0.05, 0.1) is 61.0 Å². The molecular formula is C55H56N6O11. The molecule has 72 heavy (non-hydrogen) atoms. The number of ketones is 1. The monoisotopic (exact) mass is 976 g/mol. The van der Waals surface area contributed by atoms with Crippen molar-refractivity contribution in [2.75, 3.05) is 39.0 Å². The predicted molar refractivity (Wildman–Crippen MR) is 271 cm³/mol. The summed E-state index contributed by atoms with van der Waals surface area (Å²) in [6.45, 7) is 11.5. The molecule has 4 aromatic carbocycles. The van der Waals surface area contributed by atoms with Gasteiger partial charge in [0.25, 0.3) is 11.8 Å². The van der Waals surface area contributed by atoms with Gasteiger partial charge in [-0.3, -0.25) is 29.2 Å². The Kier molecular flexibility index (Phi) is 14.2. The third-order valence-electron chi connectivity index (χ3n) is 13.1. The minimum absolute atomic E-state index is 0.0182. The number of carbonyl (C=O) groups is 5. The Hall–Kier alpha value is -8.21. The van der Waals surface area contributed by atoms with Crippen LogP contribution < -0.4 is 34.3 Å². The molecule has 4 atom stereocenters. The summed E-state index contributed by atoms with van der Waals surface area (Å²) in [5.74, 6) is 1.04. The van der Waals surface area contributed by atoms with Crippen LogP contribution in [0.3, 0.4) is 0 Å². The number of amides is 4. The molecule has 0 aliphatic carbocycles. The number of ether oxygens (including phenoxy) is 6. The second-order valence-electron chi connectivity index (χ2n) is 18.5. The number of carbonyl (C=O) groups excluding carboxylic acids is 5. The first kappa shape index (κ1) is 48.8. The van der Waals surface area contributed by atoms with E-state index in [0.29, 0.717) is 89.4 Å². The molecule has 0 aromatic heterocycles.